The van der Waals surface area contributed by atoms with Crippen molar-refractivity contribution >= 4 is 49.6 Å². The van der Waals surface area contributed by atoms with Gasteiger partial charge >= 0.3 is 0 Å². The molecule has 92 valence electrons. The highest BCUT2D eigenvalue weighted by Gasteiger charge is 1.99. The Morgan fingerprint density at radius 1 is 0.889 bits per heavy atom. The Bertz CT molecular complexity index is 538. The Hall–Kier alpha value is -1.17. The van der Waals surface area contributed by atoms with Crippen LogP contribution in [0.2, 0.25) is 0 Å². The first-order valence-corrected chi connectivity index (χ1v) is 6.77. The van der Waals surface area contributed by atoms with Crippen LogP contribution in [0, 0.1) is 0 Å². The van der Waals surface area contributed by atoms with Gasteiger partial charge in [-0.25, -0.2) is 10.1 Å². The summed E-state index contributed by atoms with van der Waals surface area (Å²) in [6, 6.07) is 14.8. The third-order valence-corrected chi connectivity index (χ3v) is 3.29. The summed E-state index contributed by atoms with van der Waals surface area (Å²) in [5.74, 6) is 0. The van der Waals surface area contributed by atoms with E-state index in [1.54, 1.807) is 12.1 Å². The number of halogens is 2. The van der Waals surface area contributed by atoms with Crippen LogP contribution in [0.25, 0.3) is 0 Å². The van der Waals surface area contributed by atoms with E-state index in [4.69, 9.17) is 0 Å². The zero-order valence-electron chi connectivity index (χ0n) is 9.29. The van der Waals surface area contributed by atoms with Crippen LogP contribution in [0.3, 0.4) is 0 Å². The smallest absolute Gasteiger partial charge is 0.122 e. The van der Waals surface area contributed by atoms with Crippen molar-refractivity contribution in [3.8, 4) is 0 Å². The molecule has 0 radical (unpaired) electrons. The second-order valence-corrected chi connectivity index (χ2v) is 5.37. The fourth-order valence-electron chi connectivity index (χ4n) is 1.31. The van der Waals surface area contributed by atoms with Crippen molar-refractivity contribution in [2.45, 2.75) is 0 Å². The number of nitrogens with zero attached hydrogens (tertiary/aromatic N) is 2. The molecule has 2 aromatic carbocycles. The van der Waals surface area contributed by atoms with E-state index in [0.717, 1.165) is 19.7 Å². The van der Waals surface area contributed by atoms with Gasteiger partial charge in [-0.05, 0) is 48.5 Å². The molecular weight excluding hydrogens is 360 g/mol. The minimum atomic E-state index is 0.652. The van der Waals surface area contributed by atoms with E-state index in [9.17, 15) is 5.21 Å². The van der Waals surface area contributed by atoms with Gasteiger partial charge in [0.15, 0.2) is 0 Å². The molecule has 3 nitrogen and oxygen atoms in total. The molecule has 0 aliphatic heterocycles. The molecule has 0 unspecified atom stereocenters. The molecule has 5 heteroatoms. The molecule has 0 aliphatic rings. The van der Waals surface area contributed by atoms with E-state index in [2.05, 4.69) is 36.9 Å². The van der Waals surface area contributed by atoms with Gasteiger partial charge < -0.3 is 0 Å². The molecular formula is C13H10Br2N2O. The molecule has 2 aromatic rings. The monoisotopic (exact) mass is 368 g/mol. The minimum Gasteiger partial charge on any atom is -0.283 e. The molecule has 0 atom stereocenters. The second kappa shape index (κ2) is 6.13. The third kappa shape index (κ3) is 3.66. The summed E-state index contributed by atoms with van der Waals surface area (Å²) in [5, 5.41) is 10.8. The Morgan fingerprint density at radius 3 is 1.94 bits per heavy atom. The number of rotatable bonds is 3. The lowest BCUT2D eigenvalue weighted by atomic mass is 10.3. The summed E-state index contributed by atoms with van der Waals surface area (Å²) in [5.41, 5.74) is 1.42. The average molecular weight is 370 g/mol. The molecule has 1 N–H and O–H groups in total. The summed E-state index contributed by atoms with van der Waals surface area (Å²) < 4.78 is 1.96. The standard InChI is InChI=1S/C13H10Br2N2O/c14-10-1-5-12(6-2-10)16-9-17(18)13-7-3-11(15)4-8-13/h1-9,18H. The van der Waals surface area contributed by atoms with E-state index in [1.165, 1.54) is 6.34 Å². The van der Waals surface area contributed by atoms with Crippen LogP contribution in [-0.2, 0) is 0 Å². The van der Waals surface area contributed by atoms with Crippen molar-refractivity contribution in [3.63, 3.8) is 0 Å². The highest BCUT2D eigenvalue weighted by atomic mass is 79.9. The van der Waals surface area contributed by atoms with Gasteiger partial charge in [-0.15, -0.1) is 0 Å². The van der Waals surface area contributed by atoms with E-state index >= 15 is 0 Å². The minimum absolute atomic E-state index is 0.652. The molecule has 0 aliphatic carbocycles. The molecule has 0 fully saturated rings. The van der Waals surface area contributed by atoms with E-state index in [-0.39, 0.29) is 0 Å². The first-order valence-electron chi connectivity index (χ1n) is 5.18. The Labute approximate surface area is 122 Å². The highest BCUT2D eigenvalue weighted by molar-refractivity contribution is 9.10. The molecule has 0 bridgehead atoms. The van der Waals surface area contributed by atoms with Crippen LogP contribution in [0.4, 0.5) is 11.4 Å². The second-order valence-electron chi connectivity index (χ2n) is 3.54. The summed E-state index contributed by atoms with van der Waals surface area (Å²) >= 11 is 6.69. The van der Waals surface area contributed by atoms with Gasteiger partial charge in [-0.2, -0.15) is 0 Å². The van der Waals surface area contributed by atoms with Gasteiger partial charge in [-0.3, -0.25) is 5.21 Å². The average Bonchev–Trinajstić information content (AvgIpc) is 2.38. The predicted octanol–water partition coefficient (Wildman–Crippen LogP) is 4.77. The largest absolute Gasteiger partial charge is 0.283 e. The predicted molar refractivity (Wildman–Crippen MR) is 80.7 cm³/mol. The lowest BCUT2D eigenvalue weighted by Gasteiger charge is -2.10. The molecule has 0 saturated heterocycles. The number of hydroxylamine groups is 1. The third-order valence-electron chi connectivity index (χ3n) is 2.23. The van der Waals surface area contributed by atoms with Crippen LogP contribution in [-0.4, -0.2) is 11.5 Å². The van der Waals surface area contributed by atoms with Crippen molar-refractivity contribution in [1.29, 1.82) is 0 Å². The van der Waals surface area contributed by atoms with Crippen molar-refractivity contribution < 1.29 is 5.21 Å². The number of benzene rings is 2. The topological polar surface area (TPSA) is 35.8 Å². The molecule has 2 rings (SSSR count). The van der Waals surface area contributed by atoms with Gasteiger partial charge in [0.05, 0.1) is 11.4 Å². The summed E-state index contributed by atoms with van der Waals surface area (Å²) in [4.78, 5) is 4.16. The van der Waals surface area contributed by atoms with Crippen LogP contribution >= 0.6 is 31.9 Å². The maximum atomic E-state index is 9.79. The van der Waals surface area contributed by atoms with Crippen molar-refractivity contribution in [3.05, 3.63) is 57.5 Å². The Morgan fingerprint density at radius 2 is 1.39 bits per heavy atom. The molecule has 0 spiro atoms. The highest BCUT2D eigenvalue weighted by Crippen LogP contribution is 2.18. The first kappa shape index (κ1) is 13.3. The first-order chi connectivity index (χ1) is 8.65. The number of aliphatic imine (C=N–C) groups is 1. The van der Waals surface area contributed by atoms with Crippen molar-refractivity contribution in [2.75, 3.05) is 5.06 Å². The summed E-state index contributed by atoms with van der Waals surface area (Å²) in [6.07, 6.45) is 1.37. The molecule has 0 heterocycles. The number of hydrogen-bond acceptors (Lipinski definition) is 2. The van der Waals surface area contributed by atoms with Gasteiger partial charge in [0.2, 0.25) is 0 Å². The lowest BCUT2D eigenvalue weighted by Crippen LogP contribution is -2.14. The van der Waals surface area contributed by atoms with Crippen molar-refractivity contribution in [1.82, 2.24) is 0 Å². The summed E-state index contributed by atoms with van der Waals surface area (Å²) in [7, 11) is 0. The van der Waals surface area contributed by atoms with Crippen LogP contribution in [0.5, 0.6) is 0 Å². The van der Waals surface area contributed by atoms with E-state index in [1.807, 2.05) is 36.4 Å². The fourth-order valence-corrected chi connectivity index (χ4v) is 1.84. The number of anilines is 1. The zero-order valence-corrected chi connectivity index (χ0v) is 12.5. The van der Waals surface area contributed by atoms with Gasteiger partial charge in [0.25, 0.3) is 0 Å². The normalized spacial score (nSPS) is 10.8. The van der Waals surface area contributed by atoms with Crippen LogP contribution in [0.1, 0.15) is 0 Å². The Kier molecular flexibility index (Phi) is 4.52. The van der Waals surface area contributed by atoms with Crippen LogP contribution < -0.4 is 5.06 Å². The maximum Gasteiger partial charge on any atom is 0.122 e. The van der Waals surface area contributed by atoms with Crippen molar-refractivity contribution in [2.24, 2.45) is 4.99 Å². The zero-order chi connectivity index (χ0) is 13.0. The maximum absolute atomic E-state index is 9.79. The quantitative estimate of drug-likeness (QED) is 0.480. The van der Waals surface area contributed by atoms with Crippen LogP contribution in [0.15, 0.2) is 62.5 Å². The fraction of sp³-hybridized carbons (Fsp3) is 0. The summed E-state index contributed by atoms with van der Waals surface area (Å²) in [6.45, 7) is 0. The SMILES string of the molecule is ON(C=Nc1ccc(Br)cc1)c1ccc(Br)cc1. The van der Waals surface area contributed by atoms with E-state index < -0.39 is 0 Å². The molecule has 18 heavy (non-hydrogen) atoms. The lowest BCUT2D eigenvalue weighted by molar-refractivity contribution is 0.317. The molecule has 0 amide bonds. The van der Waals surface area contributed by atoms with Gasteiger partial charge in [0, 0.05) is 8.95 Å². The Balaban J connectivity index is 2.08. The van der Waals surface area contributed by atoms with E-state index in [0.29, 0.717) is 5.69 Å². The van der Waals surface area contributed by atoms with Gasteiger partial charge in [0.1, 0.15) is 6.34 Å². The number of hydrogen-bond donors (Lipinski definition) is 1. The van der Waals surface area contributed by atoms with Gasteiger partial charge in [-0.1, -0.05) is 31.9 Å². The molecule has 0 saturated carbocycles. The molecule has 0 aromatic heterocycles.